The molecule has 2 rings (SSSR count). The van der Waals surface area contributed by atoms with Crippen LogP contribution in [0.1, 0.15) is 30.5 Å². The fourth-order valence-electron chi connectivity index (χ4n) is 2.70. The van der Waals surface area contributed by atoms with Gasteiger partial charge in [-0.25, -0.2) is 0 Å². The van der Waals surface area contributed by atoms with Crippen molar-refractivity contribution in [2.45, 2.75) is 31.8 Å². The zero-order valence-corrected chi connectivity index (χ0v) is 11.5. The van der Waals surface area contributed by atoms with Gasteiger partial charge in [0.15, 0.2) is 5.84 Å². The van der Waals surface area contributed by atoms with Crippen LogP contribution in [0.15, 0.2) is 23.5 Å². The topological polar surface area (TPSA) is 104 Å². The molecule has 1 saturated heterocycles. The number of nitrogens with zero attached hydrogens (tertiary/aromatic N) is 2. The van der Waals surface area contributed by atoms with Crippen molar-refractivity contribution >= 4 is 5.84 Å². The third-order valence-corrected chi connectivity index (χ3v) is 3.71. The maximum atomic E-state index is 10.2. The van der Waals surface area contributed by atoms with Gasteiger partial charge in [-0.1, -0.05) is 5.16 Å². The Morgan fingerprint density at radius 3 is 3.15 bits per heavy atom. The van der Waals surface area contributed by atoms with Gasteiger partial charge in [-0.05, 0) is 50.4 Å². The molecular formula is C14H22N4O2. The zero-order valence-electron chi connectivity index (χ0n) is 11.5. The summed E-state index contributed by atoms with van der Waals surface area (Å²) >= 11 is 0. The van der Waals surface area contributed by atoms with Crippen LogP contribution in [0.3, 0.4) is 0 Å². The summed E-state index contributed by atoms with van der Waals surface area (Å²) in [6.45, 7) is 2.03. The number of nitrogens with one attached hydrogen (secondary N) is 1. The van der Waals surface area contributed by atoms with Gasteiger partial charge in [0.2, 0.25) is 0 Å². The van der Waals surface area contributed by atoms with E-state index in [1.54, 1.807) is 18.3 Å². The molecule has 0 saturated carbocycles. The number of aliphatic hydroxyl groups is 1. The van der Waals surface area contributed by atoms with E-state index in [2.05, 4.69) is 15.5 Å². The minimum atomic E-state index is -0.458. The number of rotatable bonds is 5. The highest BCUT2D eigenvalue weighted by Crippen LogP contribution is 2.18. The van der Waals surface area contributed by atoms with E-state index in [1.165, 1.54) is 0 Å². The smallest absolute Gasteiger partial charge is 0.171 e. The normalized spacial score (nSPS) is 21.6. The monoisotopic (exact) mass is 278 g/mol. The zero-order chi connectivity index (χ0) is 14.4. The molecule has 0 aromatic carbocycles. The summed E-state index contributed by atoms with van der Waals surface area (Å²) < 4.78 is 0. The van der Waals surface area contributed by atoms with E-state index in [-0.39, 0.29) is 5.84 Å². The average molecular weight is 278 g/mol. The molecule has 1 aromatic rings. The summed E-state index contributed by atoms with van der Waals surface area (Å²) in [7, 11) is 0. The van der Waals surface area contributed by atoms with Crippen LogP contribution in [0, 0.1) is 5.92 Å². The summed E-state index contributed by atoms with van der Waals surface area (Å²) in [6, 6.07) is 3.47. The minimum Gasteiger partial charge on any atom is -0.409 e. The quantitative estimate of drug-likeness (QED) is 0.271. The van der Waals surface area contributed by atoms with Gasteiger partial charge in [-0.3, -0.25) is 4.98 Å². The van der Waals surface area contributed by atoms with Crippen molar-refractivity contribution in [2.24, 2.45) is 16.8 Å². The molecule has 110 valence electrons. The van der Waals surface area contributed by atoms with E-state index in [0.29, 0.717) is 23.6 Å². The molecule has 20 heavy (non-hydrogen) atoms. The molecule has 0 radical (unpaired) electrons. The van der Waals surface area contributed by atoms with Crippen molar-refractivity contribution in [3.63, 3.8) is 0 Å². The fourth-order valence-corrected chi connectivity index (χ4v) is 2.70. The lowest BCUT2D eigenvalue weighted by Crippen LogP contribution is -2.32. The SMILES string of the molecule is NC(=NO)c1cccnc1CC(O)CC1CCCNC1. The Morgan fingerprint density at radius 1 is 1.60 bits per heavy atom. The van der Waals surface area contributed by atoms with Crippen molar-refractivity contribution in [3.8, 4) is 0 Å². The summed E-state index contributed by atoms with van der Waals surface area (Å²) in [6.07, 6.45) is 4.68. The number of pyridine rings is 1. The van der Waals surface area contributed by atoms with Crippen molar-refractivity contribution in [3.05, 3.63) is 29.6 Å². The maximum Gasteiger partial charge on any atom is 0.171 e. The van der Waals surface area contributed by atoms with Gasteiger partial charge < -0.3 is 21.4 Å². The second-order valence-electron chi connectivity index (χ2n) is 5.29. The van der Waals surface area contributed by atoms with Gasteiger partial charge in [0.25, 0.3) is 0 Å². The molecule has 6 heteroatoms. The standard InChI is InChI=1S/C14H22N4O2/c15-14(18-20)12-4-2-6-17-13(12)8-11(19)7-10-3-1-5-16-9-10/h2,4,6,10-11,16,19-20H,1,3,5,7-9H2,(H2,15,18). The summed E-state index contributed by atoms with van der Waals surface area (Å²) in [5.74, 6) is 0.536. The molecule has 2 unspecified atom stereocenters. The molecule has 2 atom stereocenters. The van der Waals surface area contributed by atoms with E-state index < -0.39 is 6.10 Å². The molecule has 1 aliphatic rings. The van der Waals surface area contributed by atoms with E-state index in [0.717, 1.165) is 32.4 Å². The van der Waals surface area contributed by atoms with Gasteiger partial charge in [0, 0.05) is 18.2 Å². The Labute approximate surface area is 118 Å². The predicted octanol–water partition coefficient (Wildman–Crippen LogP) is 0.469. The summed E-state index contributed by atoms with van der Waals surface area (Å²) in [5.41, 5.74) is 6.87. The van der Waals surface area contributed by atoms with E-state index >= 15 is 0 Å². The Balaban J connectivity index is 1.98. The van der Waals surface area contributed by atoms with Gasteiger partial charge in [0.05, 0.1) is 11.8 Å². The molecule has 0 amide bonds. The summed E-state index contributed by atoms with van der Waals surface area (Å²) in [4.78, 5) is 4.23. The lowest BCUT2D eigenvalue weighted by molar-refractivity contribution is 0.133. The summed E-state index contributed by atoms with van der Waals surface area (Å²) in [5, 5.41) is 25.3. The Bertz CT molecular complexity index is 458. The molecule has 0 bridgehead atoms. The molecule has 1 aliphatic heterocycles. The highest BCUT2D eigenvalue weighted by molar-refractivity contribution is 5.97. The second-order valence-corrected chi connectivity index (χ2v) is 5.29. The molecule has 0 spiro atoms. The van der Waals surface area contributed by atoms with Crippen molar-refractivity contribution in [1.29, 1.82) is 0 Å². The van der Waals surface area contributed by atoms with E-state index in [9.17, 15) is 5.11 Å². The van der Waals surface area contributed by atoms with Crippen LogP contribution in [0.25, 0.3) is 0 Å². The molecule has 5 N–H and O–H groups in total. The Hall–Kier alpha value is -1.66. The van der Waals surface area contributed by atoms with Gasteiger partial charge >= 0.3 is 0 Å². The van der Waals surface area contributed by atoms with E-state index in [4.69, 9.17) is 10.9 Å². The first-order valence-electron chi connectivity index (χ1n) is 7.01. The van der Waals surface area contributed by atoms with Crippen LogP contribution in [0.5, 0.6) is 0 Å². The number of hydrogen-bond donors (Lipinski definition) is 4. The fraction of sp³-hybridized carbons (Fsp3) is 0.571. The number of aromatic nitrogens is 1. The maximum absolute atomic E-state index is 10.2. The third kappa shape index (κ3) is 3.91. The number of amidine groups is 1. The lowest BCUT2D eigenvalue weighted by Gasteiger charge is -2.25. The highest BCUT2D eigenvalue weighted by Gasteiger charge is 2.19. The molecule has 1 aromatic heterocycles. The second kappa shape index (κ2) is 7.21. The Kier molecular flexibility index (Phi) is 5.31. The number of aliphatic hydroxyl groups excluding tert-OH is 1. The third-order valence-electron chi connectivity index (χ3n) is 3.71. The minimum absolute atomic E-state index is 0.0274. The van der Waals surface area contributed by atoms with E-state index in [1.807, 2.05) is 0 Å². The average Bonchev–Trinajstić information content (AvgIpc) is 2.48. The molecule has 6 nitrogen and oxygen atoms in total. The Morgan fingerprint density at radius 2 is 2.45 bits per heavy atom. The van der Waals surface area contributed by atoms with Gasteiger partial charge in [0.1, 0.15) is 0 Å². The van der Waals surface area contributed by atoms with Crippen LogP contribution >= 0.6 is 0 Å². The van der Waals surface area contributed by atoms with Crippen LogP contribution in [-0.2, 0) is 6.42 Å². The first-order valence-corrected chi connectivity index (χ1v) is 7.01. The van der Waals surface area contributed by atoms with Crippen molar-refractivity contribution in [2.75, 3.05) is 13.1 Å². The predicted molar refractivity (Wildman–Crippen MR) is 76.7 cm³/mol. The van der Waals surface area contributed by atoms with Crippen LogP contribution in [0.2, 0.25) is 0 Å². The van der Waals surface area contributed by atoms with Crippen LogP contribution in [0.4, 0.5) is 0 Å². The van der Waals surface area contributed by atoms with Gasteiger partial charge in [-0.15, -0.1) is 0 Å². The number of hydrogen-bond acceptors (Lipinski definition) is 5. The molecule has 0 aliphatic carbocycles. The van der Waals surface area contributed by atoms with Crippen molar-refractivity contribution < 1.29 is 10.3 Å². The molecule has 1 fully saturated rings. The first kappa shape index (κ1) is 14.7. The largest absolute Gasteiger partial charge is 0.409 e. The first-order chi connectivity index (χ1) is 9.70. The number of nitrogens with two attached hydrogens (primary N) is 1. The van der Waals surface area contributed by atoms with Crippen LogP contribution < -0.4 is 11.1 Å². The highest BCUT2D eigenvalue weighted by atomic mass is 16.4. The number of piperidine rings is 1. The van der Waals surface area contributed by atoms with Gasteiger partial charge in [-0.2, -0.15) is 0 Å². The van der Waals surface area contributed by atoms with Crippen molar-refractivity contribution in [1.82, 2.24) is 10.3 Å². The number of oxime groups is 1. The lowest BCUT2D eigenvalue weighted by atomic mass is 9.91. The molecule has 2 heterocycles. The van der Waals surface area contributed by atoms with Crippen LogP contribution in [-0.4, -0.2) is 40.3 Å². The molecular weight excluding hydrogens is 256 g/mol.